The molecule has 2 heterocycles. The van der Waals surface area contributed by atoms with Gasteiger partial charge in [0, 0.05) is 25.2 Å². The first kappa shape index (κ1) is 10.9. The lowest BCUT2D eigenvalue weighted by Crippen LogP contribution is -2.49. The van der Waals surface area contributed by atoms with E-state index in [0.717, 1.165) is 6.42 Å². The minimum absolute atomic E-state index is 0.427. The maximum absolute atomic E-state index is 10.8. The van der Waals surface area contributed by atoms with E-state index in [9.17, 15) is 4.79 Å². The molecule has 2 aliphatic rings. The van der Waals surface area contributed by atoms with Crippen molar-refractivity contribution in [3.63, 3.8) is 0 Å². The van der Waals surface area contributed by atoms with Crippen LogP contribution in [0.3, 0.4) is 0 Å². The molecular weight excluding hydrogens is 192 g/mol. The van der Waals surface area contributed by atoms with E-state index >= 15 is 0 Å². The van der Waals surface area contributed by atoms with Crippen LogP contribution in [0.15, 0.2) is 0 Å². The Morgan fingerprint density at radius 3 is 3.00 bits per heavy atom. The summed E-state index contributed by atoms with van der Waals surface area (Å²) in [6, 6.07) is 0.600. The number of nitrogens with zero attached hydrogens (tertiary/aromatic N) is 1. The predicted octanol–water partition coefficient (Wildman–Crippen LogP) is -1.37. The maximum Gasteiger partial charge on any atom is 0.235 e. The second-order valence-electron chi connectivity index (χ2n) is 4.56. The number of primary amides is 1. The summed E-state index contributed by atoms with van der Waals surface area (Å²) in [4.78, 5) is 13.3. The fourth-order valence-corrected chi connectivity index (χ4v) is 2.70. The molecule has 2 saturated heterocycles. The molecule has 0 radical (unpaired) electrons. The van der Waals surface area contributed by atoms with E-state index in [1.807, 2.05) is 0 Å². The van der Waals surface area contributed by atoms with Crippen molar-refractivity contribution < 1.29 is 4.79 Å². The summed E-state index contributed by atoms with van der Waals surface area (Å²) in [7, 11) is 0. The van der Waals surface area contributed by atoms with Crippen molar-refractivity contribution in [3.8, 4) is 0 Å². The van der Waals surface area contributed by atoms with E-state index < -0.39 is 11.9 Å². The summed E-state index contributed by atoms with van der Waals surface area (Å²) in [6.07, 6.45) is 3.73. The van der Waals surface area contributed by atoms with Crippen LogP contribution in [0, 0.1) is 0 Å². The lowest BCUT2D eigenvalue weighted by atomic mass is 10.1. The number of hydrogen-bond donors (Lipinski definition) is 3. The molecule has 0 aromatic rings. The molecule has 1 amide bonds. The zero-order valence-corrected chi connectivity index (χ0v) is 8.98. The number of rotatable bonds is 4. The Morgan fingerprint density at radius 2 is 2.27 bits per heavy atom. The highest BCUT2D eigenvalue weighted by Crippen LogP contribution is 2.27. The van der Waals surface area contributed by atoms with Crippen LogP contribution in [0.5, 0.6) is 0 Å². The largest absolute Gasteiger partial charge is 0.368 e. The lowest BCUT2D eigenvalue weighted by molar-refractivity contribution is -0.119. The zero-order valence-electron chi connectivity index (χ0n) is 8.98. The third kappa shape index (κ3) is 2.30. The van der Waals surface area contributed by atoms with Crippen LogP contribution in [-0.4, -0.2) is 48.6 Å². The normalized spacial score (nSPS) is 32.9. The minimum atomic E-state index is -0.555. The molecular formula is C10H20N4O. The summed E-state index contributed by atoms with van der Waals surface area (Å²) in [5.74, 6) is -0.427. The Morgan fingerprint density at radius 1 is 1.47 bits per heavy atom. The SMILES string of the molecule is NC(=O)C(N)CNC1CCN2CCCC12. The van der Waals surface area contributed by atoms with Gasteiger partial charge in [-0.1, -0.05) is 0 Å². The zero-order chi connectivity index (χ0) is 10.8. The molecule has 3 unspecified atom stereocenters. The summed E-state index contributed by atoms with van der Waals surface area (Å²) < 4.78 is 0. The Balaban J connectivity index is 1.78. The first-order valence-electron chi connectivity index (χ1n) is 5.71. The minimum Gasteiger partial charge on any atom is -0.368 e. The Labute approximate surface area is 90.2 Å². The third-order valence-electron chi connectivity index (χ3n) is 3.57. The number of hydrogen-bond acceptors (Lipinski definition) is 4. The van der Waals surface area contributed by atoms with Crippen molar-refractivity contribution in [2.45, 2.75) is 37.4 Å². The van der Waals surface area contributed by atoms with E-state index in [0.29, 0.717) is 18.6 Å². The molecule has 0 aromatic carbocycles. The van der Waals surface area contributed by atoms with Gasteiger partial charge in [-0.05, 0) is 25.8 Å². The van der Waals surface area contributed by atoms with Gasteiger partial charge in [-0.25, -0.2) is 0 Å². The fraction of sp³-hybridized carbons (Fsp3) is 0.900. The quantitative estimate of drug-likeness (QED) is 0.536. The standard InChI is InChI=1S/C10H20N4O/c11-7(10(12)15)6-13-8-3-5-14-4-1-2-9(8)14/h7-9,13H,1-6,11H2,(H2,12,15). The van der Waals surface area contributed by atoms with E-state index in [1.54, 1.807) is 0 Å². The molecule has 2 rings (SSSR count). The summed E-state index contributed by atoms with van der Waals surface area (Å²) in [6.45, 7) is 2.91. The summed E-state index contributed by atoms with van der Waals surface area (Å²) in [5, 5.41) is 3.37. The van der Waals surface area contributed by atoms with Crippen LogP contribution in [0.4, 0.5) is 0 Å². The van der Waals surface area contributed by atoms with Gasteiger partial charge < -0.3 is 16.8 Å². The molecule has 5 heteroatoms. The molecule has 0 saturated carbocycles. The van der Waals surface area contributed by atoms with Gasteiger partial charge in [-0.15, -0.1) is 0 Å². The first-order valence-corrected chi connectivity index (χ1v) is 5.71. The smallest absolute Gasteiger partial charge is 0.235 e. The molecule has 5 nitrogen and oxygen atoms in total. The highest BCUT2D eigenvalue weighted by molar-refractivity contribution is 5.79. The Kier molecular flexibility index (Phi) is 3.23. The monoisotopic (exact) mass is 212 g/mol. The topological polar surface area (TPSA) is 84.4 Å². The number of fused-ring (bicyclic) bond motifs is 1. The lowest BCUT2D eigenvalue weighted by Gasteiger charge is -2.22. The Bertz CT molecular complexity index is 246. The van der Waals surface area contributed by atoms with Crippen molar-refractivity contribution in [2.75, 3.05) is 19.6 Å². The van der Waals surface area contributed by atoms with Crippen molar-refractivity contribution in [3.05, 3.63) is 0 Å². The Hall–Kier alpha value is -0.650. The fourth-order valence-electron chi connectivity index (χ4n) is 2.70. The van der Waals surface area contributed by atoms with Gasteiger partial charge in [0.1, 0.15) is 0 Å². The molecule has 0 bridgehead atoms. The van der Waals surface area contributed by atoms with Crippen LogP contribution >= 0.6 is 0 Å². The van der Waals surface area contributed by atoms with Crippen LogP contribution in [0.25, 0.3) is 0 Å². The summed E-state index contributed by atoms with van der Waals surface area (Å²) in [5.41, 5.74) is 10.7. The first-order chi connectivity index (χ1) is 7.18. The third-order valence-corrected chi connectivity index (χ3v) is 3.57. The molecule has 86 valence electrons. The van der Waals surface area contributed by atoms with Crippen molar-refractivity contribution in [1.29, 1.82) is 0 Å². The van der Waals surface area contributed by atoms with Gasteiger partial charge in [-0.3, -0.25) is 9.69 Å². The average molecular weight is 212 g/mol. The molecule has 0 aliphatic carbocycles. The van der Waals surface area contributed by atoms with Crippen LogP contribution in [0.2, 0.25) is 0 Å². The maximum atomic E-state index is 10.8. The number of amides is 1. The number of carbonyl (C=O) groups excluding carboxylic acids is 1. The number of nitrogens with one attached hydrogen (secondary N) is 1. The highest BCUT2D eigenvalue weighted by atomic mass is 16.1. The predicted molar refractivity (Wildman–Crippen MR) is 58.2 cm³/mol. The van der Waals surface area contributed by atoms with Gasteiger partial charge >= 0.3 is 0 Å². The van der Waals surface area contributed by atoms with Crippen molar-refractivity contribution in [2.24, 2.45) is 11.5 Å². The van der Waals surface area contributed by atoms with Crippen LogP contribution < -0.4 is 16.8 Å². The average Bonchev–Trinajstić information content (AvgIpc) is 2.76. The second kappa shape index (κ2) is 4.47. The van der Waals surface area contributed by atoms with Crippen molar-refractivity contribution >= 4 is 5.91 Å². The van der Waals surface area contributed by atoms with E-state index in [4.69, 9.17) is 11.5 Å². The van der Waals surface area contributed by atoms with E-state index in [-0.39, 0.29) is 0 Å². The number of carbonyl (C=O) groups is 1. The van der Waals surface area contributed by atoms with Gasteiger partial charge in [0.05, 0.1) is 6.04 Å². The number of nitrogens with two attached hydrogens (primary N) is 2. The highest BCUT2D eigenvalue weighted by Gasteiger charge is 2.36. The molecule has 15 heavy (non-hydrogen) atoms. The van der Waals surface area contributed by atoms with E-state index in [1.165, 1.54) is 25.9 Å². The van der Waals surface area contributed by atoms with E-state index in [2.05, 4.69) is 10.2 Å². The summed E-state index contributed by atoms with van der Waals surface area (Å²) >= 11 is 0. The molecule has 0 spiro atoms. The molecule has 2 fully saturated rings. The van der Waals surface area contributed by atoms with Gasteiger partial charge in [0.2, 0.25) is 5.91 Å². The second-order valence-corrected chi connectivity index (χ2v) is 4.56. The van der Waals surface area contributed by atoms with Gasteiger partial charge in [0.25, 0.3) is 0 Å². The molecule has 0 aromatic heterocycles. The molecule has 3 atom stereocenters. The van der Waals surface area contributed by atoms with Crippen LogP contribution in [-0.2, 0) is 4.79 Å². The molecule has 5 N–H and O–H groups in total. The van der Waals surface area contributed by atoms with Crippen molar-refractivity contribution in [1.82, 2.24) is 10.2 Å². The van der Waals surface area contributed by atoms with Crippen LogP contribution in [0.1, 0.15) is 19.3 Å². The van der Waals surface area contributed by atoms with Gasteiger partial charge in [0.15, 0.2) is 0 Å². The molecule has 2 aliphatic heterocycles. The van der Waals surface area contributed by atoms with Gasteiger partial charge in [-0.2, -0.15) is 0 Å².